The summed E-state index contributed by atoms with van der Waals surface area (Å²) in [7, 11) is -1.43. The summed E-state index contributed by atoms with van der Waals surface area (Å²) in [5, 5.41) is 9.54. The molecule has 0 bridgehead atoms. The summed E-state index contributed by atoms with van der Waals surface area (Å²) >= 11 is 0. The van der Waals surface area contributed by atoms with Crippen molar-refractivity contribution in [1.82, 2.24) is 0 Å². The third kappa shape index (κ3) is 2.93. The van der Waals surface area contributed by atoms with Gasteiger partial charge in [-0.25, -0.2) is 0 Å². The molecule has 0 aromatic heterocycles. The van der Waals surface area contributed by atoms with E-state index >= 15 is 0 Å². The number of methoxy groups -OCH3 is 2. The maximum Gasteiger partial charge on any atom is 0.447 e. The summed E-state index contributed by atoms with van der Waals surface area (Å²) in [6.45, 7) is 0. The summed E-state index contributed by atoms with van der Waals surface area (Å²) in [4.78, 5) is 0. The zero-order valence-corrected chi connectivity index (χ0v) is 10.1. The van der Waals surface area contributed by atoms with E-state index in [2.05, 4.69) is 10.2 Å². The van der Waals surface area contributed by atoms with Gasteiger partial charge in [0.05, 0.1) is 18.8 Å². The molecule has 0 aliphatic carbocycles. The topological polar surface area (TPSA) is 111 Å². The highest BCUT2D eigenvalue weighted by atomic mass is 32.3. The monoisotopic (exact) mass is 263 g/mol. The molecule has 0 aliphatic heterocycles. The number of nitrogens with two attached hydrogens (primary N) is 1. The van der Waals surface area contributed by atoms with Gasteiger partial charge in [-0.1, -0.05) is 0 Å². The van der Waals surface area contributed by atoms with Crippen LogP contribution in [0.1, 0.15) is 11.0 Å². The van der Waals surface area contributed by atoms with Crippen LogP contribution in [0, 0.1) is 0 Å². The molecule has 7 nitrogen and oxygen atoms in total. The van der Waals surface area contributed by atoms with Crippen molar-refractivity contribution >= 4 is 10.5 Å². The fraction of sp³-hybridized carbons (Fsp3) is 0.333. The molecule has 3 N–H and O–H groups in total. The second kappa shape index (κ2) is 5.43. The highest BCUT2D eigenvalue weighted by Gasteiger charge is 2.43. The molecule has 1 rings (SSSR count). The molecule has 0 fully saturated rings. The van der Waals surface area contributed by atoms with E-state index in [9.17, 15) is 13.9 Å². The van der Waals surface area contributed by atoms with Crippen LogP contribution in [0.4, 0.5) is 0 Å². The van der Waals surface area contributed by atoms with E-state index in [0.29, 0.717) is 5.75 Å². The van der Waals surface area contributed by atoms with E-state index in [1.54, 1.807) is 0 Å². The molecule has 1 radical (unpaired) electrons. The molecule has 0 spiro atoms. The van der Waals surface area contributed by atoms with Crippen molar-refractivity contribution in [2.24, 2.45) is 5.90 Å². The number of hydrogen-bond donors (Lipinski definition) is 2. The first-order valence-electron chi connectivity index (χ1n) is 4.48. The first kappa shape index (κ1) is 13.9. The zero-order valence-electron chi connectivity index (χ0n) is 9.28. The molecule has 0 saturated heterocycles. The van der Waals surface area contributed by atoms with Crippen molar-refractivity contribution in [1.29, 1.82) is 0 Å². The SMILES string of the molecule is COc1ccc(C(O)[S+]([O])(=O)ON)cc1OC. The first-order chi connectivity index (χ1) is 7.96. The highest BCUT2D eigenvalue weighted by molar-refractivity contribution is 7.92. The predicted octanol–water partition coefficient (Wildman–Crippen LogP) is 0.345. The molecule has 2 unspecified atom stereocenters. The Morgan fingerprint density at radius 3 is 2.35 bits per heavy atom. The molecule has 0 saturated carbocycles. The fourth-order valence-corrected chi connectivity index (χ4v) is 1.81. The maximum absolute atomic E-state index is 11.2. The van der Waals surface area contributed by atoms with E-state index in [1.807, 2.05) is 0 Å². The third-order valence-corrected chi connectivity index (χ3v) is 3.19. The Bertz CT molecular complexity index is 437. The second-order valence-corrected chi connectivity index (χ2v) is 4.68. The molecule has 0 aliphatic rings. The molecule has 8 heteroatoms. The number of rotatable bonds is 5. The minimum absolute atomic E-state index is 0.0631. The first-order valence-corrected chi connectivity index (χ1v) is 5.95. The van der Waals surface area contributed by atoms with Gasteiger partial charge in [0.2, 0.25) is 0 Å². The van der Waals surface area contributed by atoms with Gasteiger partial charge in [0.15, 0.2) is 11.5 Å². The lowest BCUT2D eigenvalue weighted by Gasteiger charge is -2.10. The van der Waals surface area contributed by atoms with Crippen LogP contribution in [-0.4, -0.2) is 19.3 Å². The third-order valence-electron chi connectivity index (χ3n) is 2.10. The van der Waals surface area contributed by atoms with Crippen molar-refractivity contribution in [3.8, 4) is 11.5 Å². The Labute approximate surface area is 99.5 Å². The number of aliphatic hydroxyl groups excluding tert-OH is 1. The van der Waals surface area contributed by atoms with E-state index in [1.165, 1.54) is 32.4 Å². The molecular weight excluding hydrogens is 250 g/mol. The normalized spacial score (nSPS) is 16.1. The zero-order chi connectivity index (χ0) is 13.1. The Balaban J connectivity index is 3.12. The largest absolute Gasteiger partial charge is 0.493 e. The van der Waals surface area contributed by atoms with E-state index < -0.39 is 15.9 Å². The smallest absolute Gasteiger partial charge is 0.447 e. The van der Waals surface area contributed by atoms with Crippen molar-refractivity contribution in [2.75, 3.05) is 14.2 Å². The summed E-state index contributed by atoms with van der Waals surface area (Å²) in [5.41, 5.74) is -1.82. The fourth-order valence-electron chi connectivity index (χ4n) is 1.23. The van der Waals surface area contributed by atoms with Crippen LogP contribution in [0.15, 0.2) is 18.2 Å². The molecular formula is C9H13NO6S+. The van der Waals surface area contributed by atoms with Crippen LogP contribution in [0.5, 0.6) is 11.5 Å². The Hall–Kier alpha value is -1.19. The number of benzene rings is 1. The van der Waals surface area contributed by atoms with Crippen LogP contribution in [0.25, 0.3) is 0 Å². The van der Waals surface area contributed by atoms with Gasteiger partial charge in [0.25, 0.3) is 0 Å². The van der Waals surface area contributed by atoms with Crippen LogP contribution >= 0.6 is 0 Å². The lowest BCUT2D eigenvalue weighted by Crippen LogP contribution is -2.24. The number of aliphatic hydroxyl groups is 1. The molecule has 1 aromatic carbocycles. The van der Waals surface area contributed by atoms with E-state index in [-0.39, 0.29) is 11.3 Å². The second-order valence-electron chi connectivity index (χ2n) is 3.06. The van der Waals surface area contributed by atoms with Gasteiger partial charge in [0, 0.05) is 5.56 Å². The van der Waals surface area contributed by atoms with Crippen LogP contribution in [0.2, 0.25) is 0 Å². The average molecular weight is 263 g/mol. The van der Waals surface area contributed by atoms with Gasteiger partial charge in [-0.15, -0.1) is 0 Å². The van der Waals surface area contributed by atoms with Gasteiger partial charge in [-0.05, 0) is 26.7 Å². The molecule has 1 aromatic rings. The highest BCUT2D eigenvalue weighted by Crippen LogP contribution is 2.33. The van der Waals surface area contributed by atoms with Crippen LogP contribution in [-0.2, 0) is 23.5 Å². The van der Waals surface area contributed by atoms with E-state index in [4.69, 9.17) is 9.47 Å². The Morgan fingerprint density at radius 1 is 1.29 bits per heavy atom. The van der Waals surface area contributed by atoms with Crippen LogP contribution in [0.3, 0.4) is 0 Å². The van der Waals surface area contributed by atoms with Gasteiger partial charge in [0.1, 0.15) is 0 Å². The van der Waals surface area contributed by atoms with Crippen molar-refractivity contribution in [3.05, 3.63) is 23.8 Å². The van der Waals surface area contributed by atoms with Gasteiger partial charge < -0.3 is 14.6 Å². The summed E-state index contributed by atoms with van der Waals surface area (Å²) in [6, 6.07) is 4.14. The lowest BCUT2D eigenvalue weighted by molar-refractivity contribution is 0.175. The predicted molar refractivity (Wildman–Crippen MR) is 58.5 cm³/mol. The van der Waals surface area contributed by atoms with Gasteiger partial charge in [-0.2, -0.15) is 5.90 Å². The Morgan fingerprint density at radius 2 is 1.88 bits per heavy atom. The number of ether oxygens (including phenoxy) is 2. The summed E-state index contributed by atoms with van der Waals surface area (Å²) < 4.78 is 36.0. The van der Waals surface area contributed by atoms with Crippen molar-refractivity contribution in [3.63, 3.8) is 0 Å². The quantitative estimate of drug-likeness (QED) is 0.585. The maximum atomic E-state index is 11.2. The minimum atomic E-state index is -4.26. The van der Waals surface area contributed by atoms with Crippen LogP contribution < -0.4 is 15.4 Å². The molecule has 17 heavy (non-hydrogen) atoms. The summed E-state index contributed by atoms with van der Waals surface area (Å²) in [5.74, 6) is 5.27. The minimum Gasteiger partial charge on any atom is -0.493 e. The molecule has 0 amide bonds. The van der Waals surface area contributed by atoms with Gasteiger partial charge >= 0.3 is 15.9 Å². The molecule has 95 valence electrons. The van der Waals surface area contributed by atoms with Crippen molar-refractivity contribution < 1.29 is 27.6 Å². The standard InChI is InChI=1S/C9H13NO6S/c1-14-7-4-3-6(5-8(7)15-2)9(11)17(12,13)16-10/h3-5,9,11H,10H2,1-2H3/q+1. The molecule has 2 atom stereocenters. The van der Waals surface area contributed by atoms with Gasteiger partial charge in [-0.3, -0.25) is 0 Å². The number of hydrogen-bond acceptors (Lipinski definition) is 6. The molecule has 0 heterocycles. The van der Waals surface area contributed by atoms with E-state index in [0.717, 1.165) is 0 Å². The average Bonchev–Trinajstić information content (AvgIpc) is 2.36. The Kier molecular flexibility index (Phi) is 4.43. The summed E-state index contributed by atoms with van der Waals surface area (Å²) in [6.07, 6.45) is 0. The van der Waals surface area contributed by atoms with Crippen molar-refractivity contribution in [2.45, 2.75) is 5.44 Å². The lowest BCUT2D eigenvalue weighted by atomic mass is 10.2.